The number of para-hydroxylation sites is 1. The lowest BCUT2D eigenvalue weighted by Gasteiger charge is -2.26. The fraction of sp³-hybridized carbons (Fsp3) is 0.476. The average molecular weight is 371 g/mol. The summed E-state index contributed by atoms with van der Waals surface area (Å²) in [5, 5.41) is 6.65. The molecule has 1 heterocycles. The van der Waals surface area contributed by atoms with Gasteiger partial charge in [-0.2, -0.15) is 0 Å². The molecule has 1 aromatic heterocycles. The third-order valence-electron chi connectivity index (χ3n) is 4.15. The molecule has 0 aliphatic rings. The zero-order chi connectivity index (χ0) is 20.2. The van der Waals surface area contributed by atoms with Gasteiger partial charge in [0.05, 0.1) is 22.8 Å². The number of pyridine rings is 1. The van der Waals surface area contributed by atoms with E-state index in [0.29, 0.717) is 17.8 Å². The van der Waals surface area contributed by atoms with Crippen molar-refractivity contribution in [3.8, 4) is 0 Å². The van der Waals surface area contributed by atoms with Gasteiger partial charge in [0.15, 0.2) is 0 Å². The Hall–Kier alpha value is -2.63. The Morgan fingerprint density at radius 1 is 1.19 bits per heavy atom. The SMILES string of the molecule is Cc1nc2ccccc2cc1C(=O)NCC(NC(=O)OC(C)(C)C)C(C)C. The van der Waals surface area contributed by atoms with Gasteiger partial charge >= 0.3 is 6.09 Å². The first-order valence-corrected chi connectivity index (χ1v) is 9.21. The van der Waals surface area contributed by atoms with Gasteiger partial charge < -0.3 is 15.4 Å². The van der Waals surface area contributed by atoms with E-state index in [1.54, 1.807) is 0 Å². The maximum Gasteiger partial charge on any atom is 0.407 e. The lowest BCUT2D eigenvalue weighted by Crippen LogP contribution is -2.48. The molecular formula is C21H29N3O3. The summed E-state index contributed by atoms with van der Waals surface area (Å²) in [5.74, 6) is -0.0731. The van der Waals surface area contributed by atoms with E-state index < -0.39 is 11.7 Å². The number of carbonyl (C=O) groups is 2. The maximum atomic E-state index is 12.7. The van der Waals surface area contributed by atoms with Crippen LogP contribution in [0.4, 0.5) is 4.79 Å². The highest BCUT2D eigenvalue weighted by atomic mass is 16.6. The largest absolute Gasteiger partial charge is 0.444 e. The molecule has 2 N–H and O–H groups in total. The molecule has 27 heavy (non-hydrogen) atoms. The number of alkyl carbamates (subject to hydrolysis) is 1. The first-order chi connectivity index (χ1) is 12.6. The molecule has 0 aliphatic carbocycles. The molecule has 0 radical (unpaired) electrons. The predicted molar refractivity (Wildman–Crippen MR) is 107 cm³/mol. The van der Waals surface area contributed by atoms with Crippen molar-refractivity contribution in [2.45, 2.75) is 53.2 Å². The summed E-state index contributed by atoms with van der Waals surface area (Å²) in [7, 11) is 0. The summed E-state index contributed by atoms with van der Waals surface area (Å²) in [6.45, 7) is 11.5. The molecule has 146 valence electrons. The maximum absolute atomic E-state index is 12.7. The minimum absolute atomic E-state index is 0.133. The van der Waals surface area contributed by atoms with Crippen LogP contribution in [0.25, 0.3) is 10.9 Å². The van der Waals surface area contributed by atoms with Gasteiger partial charge in [0.25, 0.3) is 5.91 Å². The van der Waals surface area contributed by atoms with Gasteiger partial charge in [-0.3, -0.25) is 9.78 Å². The number of nitrogens with one attached hydrogen (secondary N) is 2. The number of carbonyl (C=O) groups excluding carboxylic acids is 2. The lowest BCUT2D eigenvalue weighted by molar-refractivity contribution is 0.0487. The van der Waals surface area contributed by atoms with Crippen LogP contribution >= 0.6 is 0 Å². The van der Waals surface area contributed by atoms with Crippen LogP contribution in [0.3, 0.4) is 0 Å². The van der Waals surface area contributed by atoms with Crippen LogP contribution in [0.2, 0.25) is 0 Å². The monoisotopic (exact) mass is 371 g/mol. The summed E-state index contributed by atoms with van der Waals surface area (Å²) in [6.07, 6.45) is -0.487. The molecule has 2 aromatic rings. The summed E-state index contributed by atoms with van der Waals surface area (Å²) < 4.78 is 5.30. The van der Waals surface area contributed by atoms with E-state index in [4.69, 9.17) is 4.74 Å². The molecule has 0 bridgehead atoms. The number of aryl methyl sites for hydroxylation is 1. The van der Waals surface area contributed by atoms with Crippen LogP contribution in [-0.2, 0) is 4.74 Å². The molecule has 1 atom stereocenters. The lowest BCUT2D eigenvalue weighted by atomic mass is 10.0. The number of benzene rings is 1. The van der Waals surface area contributed by atoms with Crippen molar-refractivity contribution in [2.75, 3.05) is 6.54 Å². The van der Waals surface area contributed by atoms with Crippen LogP contribution in [0.5, 0.6) is 0 Å². The van der Waals surface area contributed by atoms with Crippen molar-refractivity contribution in [1.82, 2.24) is 15.6 Å². The van der Waals surface area contributed by atoms with Crippen molar-refractivity contribution in [3.63, 3.8) is 0 Å². The minimum Gasteiger partial charge on any atom is -0.444 e. The predicted octanol–water partition coefficient (Wildman–Crippen LogP) is 3.82. The van der Waals surface area contributed by atoms with Crippen molar-refractivity contribution >= 4 is 22.9 Å². The number of hydrogen-bond acceptors (Lipinski definition) is 4. The number of aromatic nitrogens is 1. The van der Waals surface area contributed by atoms with Crippen molar-refractivity contribution in [2.24, 2.45) is 5.92 Å². The summed E-state index contributed by atoms with van der Waals surface area (Å²) in [6, 6.07) is 9.30. The molecule has 0 spiro atoms. The number of rotatable bonds is 5. The van der Waals surface area contributed by atoms with E-state index in [1.165, 1.54) is 0 Å². The molecule has 6 nitrogen and oxygen atoms in total. The zero-order valence-corrected chi connectivity index (χ0v) is 16.9. The molecule has 2 rings (SSSR count). The summed E-state index contributed by atoms with van der Waals surface area (Å²) in [4.78, 5) is 29.2. The van der Waals surface area contributed by atoms with Crippen molar-refractivity contribution in [3.05, 3.63) is 41.6 Å². The van der Waals surface area contributed by atoms with Crippen LogP contribution in [-0.4, -0.2) is 35.2 Å². The minimum atomic E-state index is -0.567. The molecule has 1 aromatic carbocycles. The Balaban J connectivity index is 2.05. The summed E-state index contributed by atoms with van der Waals surface area (Å²) >= 11 is 0. The van der Waals surface area contributed by atoms with Crippen LogP contribution in [0.15, 0.2) is 30.3 Å². The van der Waals surface area contributed by atoms with E-state index in [2.05, 4.69) is 15.6 Å². The van der Waals surface area contributed by atoms with E-state index in [-0.39, 0.29) is 17.9 Å². The fourth-order valence-corrected chi connectivity index (χ4v) is 2.65. The molecule has 2 amide bonds. The van der Waals surface area contributed by atoms with Gasteiger partial charge in [0.2, 0.25) is 0 Å². The Kier molecular flexibility index (Phi) is 6.41. The number of fused-ring (bicyclic) bond motifs is 1. The zero-order valence-electron chi connectivity index (χ0n) is 16.9. The van der Waals surface area contributed by atoms with E-state index in [0.717, 1.165) is 10.9 Å². The van der Waals surface area contributed by atoms with Crippen molar-refractivity contribution < 1.29 is 14.3 Å². The highest BCUT2D eigenvalue weighted by Crippen LogP contribution is 2.16. The normalized spacial score (nSPS) is 12.7. The quantitative estimate of drug-likeness (QED) is 0.837. The molecule has 0 saturated carbocycles. The number of nitrogens with zero attached hydrogens (tertiary/aromatic N) is 1. The topological polar surface area (TPSA) is 80.3 Å². The average Bonchev–Trinajstić information content (AvgIpc) is 2.55. The second kappa shape index (κ2) is 8.37. The highest BCUT2D eigenvalue weighted by Gasteiger charge is 2.22. The van der Waals surface area contributed by atoms with Crippen LogP contribution < -0.4 is 10.6 Å². The van der Waals surface area contributed by atoms with Crippen molar-refractivity contribution in [1.29, 1.82) is 0 Å². The van der Waals surface area contributed by atoms with Gasteiger partial charge in [-0.15, -0.1) is 0 Å². The highest BCUT2D eigenvalue weighted by molar-refractivity contribution is 5.98. The third-order valence-corrected chi connectivity index (χ3v) is 4.15. The van der Waals surface area contributed by atoms with Gasteiger partial charge in [0, 0.05) is 11.9 Å². The molecule has 1 unspecified atom stereocenters. The second-order valence-electron chi connectivity index (χ2n) is 8.02. The Bertz CT molecular complexity index is 825. The third kappa shape index (κ3) is 5.94. The fourth-order valence-electron chi connectivity index (χ4n) is 2.65. The van der Waals surface area contributed by atoms with Gasteiger partial charge in [0.1, 0.15) is 5.60 Å². The standard InChI is InChI=1S/C21H29N3O3/c1-13(2)18(24-20(26)27-21(4,5)6)12-22-19(25)16-11-15-9-7-8-10-17(15)23-14(16)3/h7-11,13,18H,12H2,1-6H3,(H,22,25)(H,24,26). The Labute approximate surface area is 160 Å². The van der Waals surface area contributed by atoms with Gasteiger partial charge in [-0.1, -0.05) is 32.0 Å². The smallest absolute Gasteiger partial charge is 0.407 e. The number of amides is 2. The Morgan fingerprint density at radius 2 is 1.85 bits per heavy atom. The molecular weight excluding hydrogens is 342 g/mol. The molecule has 0 aliphatic heterocycles. The molecule has 0 saturated heterocycles. The van der Waals surface area contributed by atoms with E-state index in [1.807, 2.05) is 71.9 Å². The van der Waals surface area contributed by atoms with Gasteiger partial charge in [-0.05, 0) is 45.7 Å². The Morgan fingerprint density at radius 3 is 2.48 bits per heavy atom. The second-order valence-corrected chi connectivity index (χ2v) is 8.02. The number of hydrogen-bond donors (Lipinski definition) is 2. The molecule has 6 heteroatoms. The van der Waals surface area contributed by atoms with E-state index in [9.17, 15) is 9.59 Å². The van der Waals surface area contributed by atoms with Gasteiger partial charge in [-0.25, -0.2) is 4.79 Å². The summed E-state index contributed by atoms with van der Waals surface area (Å²) in [5.41, 5.74) is 1.50. The first kappa shape index (κ1) is 20.7. The van der Waals surface area contributed by atoms with Crippen LogP contribution in [0, 0.1) is 12.8 Å². The number of ether oxygens (including phenoxy) is 1. The first-order valence-electron chi connectivity index (χ1n) is 9.21. The van der Waals surface area contributed by atoms with E-state index >= 15 is 0 Å². The van der Waals surface area contributed by atoms with Crippen LogP contribution in [0.1, 0.15) is 50.7 Å². The molecule has 0 fully saturated rings.